The molecular formula is C20H26N4O3. The van der Waals surface area contributed by atoms with Gasteiger partial charge in [-0.2, -0.15) is 4.98 Å². The molecule has 0 N–H and O–H groups in total. The molecule has 0 saturated carbocycles. The van der Waals surface area contributed by atoms with Gasteiger partial charge in [0.05, 0.1) is 13.0 Å². The van der Waals surface area contributed by atoms with Crippen molar-refractivity contribution in [2.24, 2.45) is 0 Å². The van der Waals surface area contributed by atoms with E-state index in [0.29, 0.717) is 23.9 Å². The third-order valence-corrected chi connectivity index (χ3v) is 5.47. The minimum atomic E-state index is -0.0256. The van der Waals surface area contributed by atoms with E-state index >= 15 is 0 Å². The molecule has 0 radical (unpaired) electrons. The molecule has 7 heteroatoms. The summed E-state index contributed by atoms with van der Waals surface area (Å²) in [6, 6.07) is 1.98. The number of amides is 1. The molecule has 4 rings (SSSR count). The van der Waals surface area contributed by atoms with Crippen molar-refractivity contribution < 1.29 is 14.1 Å². The van der Waals surface area contributed by atoms with Gasteiger partial charge in [0, 0.05) is 24.7 Å². The van der Waals surface area contributed by atoms with E-state index in [4.69, 9.17) is 9.26 Å². The highest BCUT2D eigenvalue weighted by atomic mass is 16.5. The molecule has 0 aromatic carbocycles. The molecule has 3 heterocycles. The highest BCUT2D eigenvalue weighted by molar-refractivity contribution is 5.96. The Balaban J connectivity index is 1.55. The first-order valence-corrected chi connectivity index (χ1v) is 9.76. The number of fused-ring (bicyclic) bond motifs is 1. The number of methoxy groups -OCH3 is 1. The molecule has 1 saturated heterocycles. The standard InChI is InChI=1S/C20H26N4O3/c1-12(2)17-22-18(27-23-17)14-7-5-9-24(11-14)20(25)15-10-13-6-4-8-16(13)21-19(15)26-3/h10,12,14H,4-9,11H2,1-3H3/t14-/m0/s1. The van der Waals surface area contributed by atoms with E-state index < -0.39 is 0 Å². The second kappa shape index (κ2) is 7.29. The summed E-state index contributed by atoms with van der Waals surface area (Å²) in [4.78, 5) is 24.2. The lowest BCUT2D eigenvalue weighted by Gasteiger charge is -2.31. The topological polar surface area (TPSA) is 81.4 Å². The maximum absolute atomic E-state index is 13.2. The van der Waals surface area contributed by atoms with Gasteiger partial charge in [-0.15, -0.1) is 0 Å². The van der Waals surface area contributed by atoms with E-state index in [1.54, 1.807) is 7.11 Å². The second-order valence-corrected chi connectivity index (χ2v) is 7.74. The lowest BCUT2D eigenvalue weighted by atomic mass is 9.97. The second-order valence-electron chi connectivity index (χ2n) is 7.74. The number of hydrogen-bond donors (Lipinski definition) is 0. The smallest absolute Gasteiger partial charge is 0.259 e. The van der Waals surface area contributed by atoms with Crippen LogP contribution in [0.2, 0.25) is 0 Å². The monoisotopic (exact) mass is 370 g/mol. The van der Waals surface area contributed by atoms with Gasteiger partial charge in [0.1, 0.15) is 5.56 Å². The Labute approximate surface area is 159 Å². The van der Waals surface area contributed by atoms with E-state index in [0.717, 1.165) is 50.2 Å². The first-order chi connectivity index (χ1) is 13.1. The Morgan fingerprint density at radius 3 is 2.89 bits per heavy atom. The van der Waals surface area contributed by atoms with E-state index in [-0.39, 0.29) is 17.7 Å². The highest BCUT2D eigenvalue weighted by Gasteiger charge is 2.31. The summed E-state index contributed by atoms with van der Waals surface area (Å²) in [7, 11) is 1.57. The van der Waals surface area contributed by atoms with Crippen LogP contribution in [0.3, 0.4) is 0 Å². The highest BCUT2D eigenvalue weighted by Crippen LogP contribution is 2.31. The zero-order chi connectivity index (χ0) is 19.0. The molecule has 1 aliphatic heterocycles. The fraction of sp³-hybridized carbons (Fsp3) is 0.600. The minimum absolute atomic E-state index is 0.0256. The molecule has 2 aromatic heterocycles. The number of carbonyl (C=O) groups excluding carboxylic acids is 1. The van der Waals surface area contributed by atoms with Crippen LogP contribution in [0, 0.1) is 0 Å². The summed E-state index contributed by atoms with van der Waals surface area (Å²) in [6.45, 7) is 5.39. The van der Waals surface area contributed by atoms with E-state index in [1.165, 1.54) is 5.56 Å². The van der Waals surface area contributed by atoms with Crippen molar-refractivity contribution in [1.82, 2.24) is 20.0 Å². The third-order valence-electron chi connectivity index (χ3n) is 5.47. The zero-order valence-electron chi connectivity index (χ0n) is 16.2. The van der Waals surface area contributed by atoms with Gasteiger partial charge in [-0.1, -0.05) is 19.0 Å². The summed E-state index contributed by atoms with van der Waals surface area (Å²) in [6.07, 6.45) is 4.89. The molecular weight excluding hydrogens is 344 g/mol. The summed E-state index contributed by atoms with van der Waals surface area (Å²) in [5.41, 5.74) is 2.80. The average Bonchev–Trinajstić information content (AvgIpc) is 3.35. The number of rotatable bonds is 4. The molecule has 27 heavy (non-hydrogen) atoms. The summed E-state index contributed by atoms with van der Waals surface area (Å²) >= 11 is 0. The Hall–Kier alpha value is -2.44. The first kappa shape index (κ1) is 17.9. The van der Waals surface area contributed by atoms with Gasteiger partial charge < -0.3 is 14.2 Å². The molecule has 1 amide bonds. The van der Waals surface area contributed by atoms with Gasteiger partial charge in [-0.05, 0) is 43.7 Å². The Morgan fingerprint density at radius 1 is 1.30 bits per heavy atom. The summed E-state index contributed by atoms with van der Waals surface area (Å²) in [5.74, 6) is 2.07. The molecule has 0 bridgehead atoms. The molecule has 1 atom stereocenters. The molecule has 2 aromatic rings. The van der Waals surface area contributed by atoms with Crippen molar-refractivity contribution in [3.63, 3.8) is 0 Å². The van der Waals surface area contributed by atoms with Crippen molar-refractivity contribution in [1.29, 1.82) is 0 Å². The van der Waals surface area contributed by atoms with Crippen LogP contribution >= 0.6 is 0 Å². The van der Waals surface area contributed by atoms with Crippen LogP contribution in [0.15, 0.2) is 10.6 Å². The molecule has 7 nitrogen and oxygen atoms in total. The summed E-state index contributed by atoms with van der Waals surface area (Å²) < 4.78 is 10.9. The van der Waals surface area contributed by atoms with Crippen molar-refractivity contribution in [3.8, 4) is 5.88 Å². The van der Waals surface area contributed by atoms with Gasteiger partial charge in [-0.3, -0.25) is 4.79 Å². The van der Waals surface area contributed by atoms with Crippen molar-refractivity contribution >= 4 is 5.91 Å². The van der Waals surface area contributed by atoms with Crippen LogP contribution in [0.25, 0.3) is 0 Å². The van der Waals surface area contributed by atoms with E-state index in [2.05, 4.69) is 15.1 Å². The number of pyridine rings is 1. The van der Waals surface area contributed by atoms with Gasteiger partial charge in [-0.25, -0.2) is 4.98 Å². The number of nitrogens with zero attached hydrogens (tertiary/aromatic N) is 4. The van der Waals surface area contributed by atoms with Crippen LogP contribution in [-0.2, 0) is 12.8 Å². The first-order valence-electron chi connectivity index (χ1n) is 9.76. The lowest BCUT2D eigenvalue weighted by molar-refractivity contribution is 0.0691. The molecule has 0 unspecified atom stereocenters. The SMILES string of the molecule is COc1nc2c(cc1C(=O)N1CCC[C@H](c3nc(C(C)C)no3)C1)CCC2. The van der Waals surface area contributed by atoms with Crippen LogP contribution in [0.4, 0.5) is 0 Å². The minimum Gasteiger partial charge on any atom is -0.480 e. The molecule has 2 aliphatic rings. The number of ether oxygens (including phenoxy) is 1. The van der Waals surface area contributed by atoms with Gasteiger partial charge in [0.2, 0.25) is 11.8 Å². The Kier molecular flexibility index (Phi) is 4.85. The largest absolute Gasteiger partial charge is 0.480 e. The zero-order valence-corrected chi connectivity index (χ0v) is 16.2. The van der Waals surface area contributed by atoms with E-state index in [9.17, 15) is 4.79 Å². The van der Waals surface area contributed by atoms with Crippen LogP contribution < -0.4 is 4.74 Å². The lowest BCUT2D eigenvalue weighted by Crippen LogP contribution is -2.39. The third kappa shape index (κ3) is 3.42. The van der Waals surface area contributed by atoms with E-state index in [1.807, 2.05) is 24.8 Å². The quantitative estimate of drug-likeness (QED) is 0.822. The predicted octanol–water partition coefficient (Wildman–Crippen LogP) is 3.11. The Morgan fingerprint density at radius 2 is 2.15 bits per heavy atom. The van der Waals surface area contributed by atoms with Crippen LogP contribution in [-0.4, -0.2) is 46.1 Å². The van der Waals surface area contributed by atoms with Gasteiger partial charge >= 0.3 is 0 Å². The number of aromatic nitrogens is 3. The maximum atomic E-state index is 13.2. The van der Waals surface area contributed by atoms with Gasteiger partial charge in [0.25, 0.3) is 5.91 Å². The summed E-state index contributed by atoms with van der Waals surface area (Å²) in [5, 5.41) is 4.07. The molecule has 0 spiro atoms. The Bertz CT molecular complexity index is 846. The maximum Gasteiger partial charge on any atom is 0.259 e. The number of piperidine rings is 1. The van der Waals surface area contributed by atoms with Crippen LogP contribution in [0.1, 0.15) is 78.3 Å². The fourth-order valence-electron chi connectivity index (χ4n) is 3.94. The number of likely N-dealkylation sites (tertiary alicyclic amines) is 1. The molecule has 144 valence electrons. The number of aryl methyl sites for hydroxylation is 2. The van der Waals surface area contributed by atoms with Crippen molar-refractivity contribution in [2.45, 2.75) is 57.8 Å². The normalized spacial score (nSPS) is 19.4. The fourth-order valence-corrected chi connectivity index (χ4v) is 3.94. The predicted molar refractivity (Wildman–Crippen MR) is 99.1 cm³/mol. The molecule has 1 fully saturated rings. The average molecular weight is 370 g/mol. The number of hydrogen-bond acceptors (Lipinski definition) is 6. The molecule has 1 aliphatic carbocycles. The van der Waals surface area contributed by atoms with Crippen molar-refractivity contribution in [3.05, 3.63) is 34.6 Å². The van der Waals surface area contributed by atoms with Crippen molar-refractivity contribution in [2.75, 3.05) is 20.2 Å². The number of carbonyl (C=O) groups is 1. The van der Waals surface area contributed by atoms with Gasteiger partial charge in [0.15, 0.2) is 5.82 Å². The van der Waals surface area contributed by atoms with Crippen LogP contribution in [0.5, 0.6) is 5.88 Å².